The van der Waals surface area contributed by atoms with Crippen LogP contribution in [0, 0.1) is 23.7 Å². The molecule has 0 saturated heterocycles. The Balaban J connectivity index is 2.10. The zero-order valence-corrected chi connectivity index (χ0v) is 30.3. The summed E-state index contributed by atoms with van der Waals surface area (Å²) in [5.74, 6) is 3.21. The lowest BCUT2D eigenvalue weighted by Crippen LogP contribution is -2.18. The van der Waals surface area contributed by atoms with E-state index in [1.807, 2.05) is 0 Å². The zero-order chi connectivity index (χ0) is 32.1. The topological polar surface area (TPSA) is 17.1 Å². The number of ketones is 1. The molecule has 0 aromatic heterocycles. The molecule has 0 bridgehead atoms. The molecular formula is C43H76O. The Morgan fingerprint density at radius 1 is 0.659 bits per heavy atom. The molecule has 1 rings (SSSR count). The predicted molar refractivity (Wildman–Crippen MR) is 198 cm³/mol. The smallest absolute Gasteiger partial charge is 0.133 e. The number of Topliss-reactive ketones (excluding diaryl/α,β-unsaturated/α-hetero) is 1. The summed E-state index contributed by atoms with van der Waals surface area (Å²) in [6.07, 6.45) is 46.4. The minimum absolute atomic E-state index is 0.530. The highest BCUT2D eigenvalue weighted by Crippen LogP contribution is 2.45. The molecule has 1 aliphatic rings. The highest BCUT2D eigenvalue weighted by Gasteiger charge is 2.36. The first kappa shape index (κ1) is 40.7. The fourth-order valence-electron chi connectivity index (χ4n) is 7.23. The number of rotatable bonds is 30. The van der Waals surface area contributed by atoms with E-state index >= 15 is 0 Å². The van der Waals surface area contributed by atoms with Gasteiger partial charge in [-0.15, -0.1) is 0 Å². The van der Waals surface area contributed by atoms with Gasteiger partial charge in [0.25, 0.3) is 0 Å². The Hall–Kier alpha value is -1.37. The van der Waals surface area contributed by atoms with Crippen molar-refractivity contribution in [2.24, 2.45) is 23.7 Å². The van der Waals surface area contributed by atoms with E-state index in [-0.39, 0.29) is 0 Å². The number of carbonyl (C=O) groups excluding carboxylic acids is 1. The number of hydrogen-bond acceptors (Lipinski definition) is 1. The summed E-state index contributed by atoms with van der Waals surface area (Å²) >= 11 is 0. The molecule has 0 aliphatic heterocycles. The average molecular weight is 609 g/mol. The highest BCUT2D eigenvalue weighted by atomic mass is 16.1. The maximum atomic E-state index is 13.0. The third-order valence-corrected chi connectivity index (χ3v) is 10.2. The van der Waals surface area contributed by atoms with Gasteiger partial charge in [0.05, 0.1) is 0 Å². The first-order chi connectivity index (χ1) is 21.5. The van der Waals surface area contributed by atoms with Gasteiger partial charge in [-0.05, 0) is 107 Å². The van der Waals surface area contributed by atoms with Gasteiger partial charge in [-0.25, -0.2) is 0 Å². The third kappa shape index (κ3) is 22.2. The quantitative estimate of drug-likeness (QED) is 0.0585. The van der Waals surface area contributed by atoms with Crippen molar-refractivity contribution in [3.05, 3.63) is 48.6 Å². The van der Waals surface area contributed by atoms with E-state index in [0.29, 0.717) is 23.5 Å². The van der Waals surface area contributed by atoms with Gasteiger partial charge in [0, 0.05) is 12.8 Å². The van der Waals surface area contributed by atoms with Crippen LogP contribution in [0.1, 0.15) is 195 Å². The van der Waals surface area contributed by atoms with E-state index in [1.165, 1.54) is 134 Å². The molecule has 0 amide bonds. The maximum Gasteiger partial charge on any atom is 0.133 e. The van der Waals surface area contributed by atoms with Crippen LogP contribution in [0.5, 0.6) is 0 Å². The molecule has 1 saturated carbocycles. The van der Waals surface area contributed by atoms with Crippen molar-refractivity contribution >= 4 is 5.78 Å². The second-order valence-corrected chi connectivity index (χ2v) is 14.4. The SMILES string of the molecule is C=C(CCCC)CC1CCC(CC(=O)CCC(C)CCCCCCCCCC/C=C\C/C=C\CCCCC)C1C/C=C\CC. The molecule has 0 aromatic rings. The Kier molecular flexibility index (Phi) is 26.8. The summed E-state index contributed by atoms with van der Waals surface area (Å²) in [6.45, 7) is 13.5. The summed E-state index contributed by atoms with van der Waals surface area (Å²) < 4.78 is 0. The molecule has 0 spiro atoms. The normalized spacial score (nSPS) is 19.6. The van der Waals surface area contributed by atoms with Gasteiger partial charge >= 0.3 is 0 Å². The van der Waals surface area contributed by atoms with E-state index in [4.69, 9.17) is 0 Å². The van der Waals surface area contributed by atoms with Crippen LogP contribution in [0.3, 0.4) is 0 Å². The van der Waals surface area contributed by atoms with Gasteiger partial charge in [0.1, 0.15) is 5.78 Å². The van der Waals surface area contributed by atoms with E-state index in [9.17, 15) is 4.79 Å². The van der Waals surface area contributed by atoms with Gasteiger partial charge in [-0.1, -0.05) is 147 Å². The van der Waals surface area contributed by atoms with E-state index in [1.54, 1.807) is 0 Å². The van der Waals surface area contributed by atoms with E-state index < -0.39 is 0 Å². The zero-order valence-electron chi connectivity index (χ0n) is 30.3. The van der Waals surface area contributed by atoms with Crippen molar-refractivity contribution in [1.82, 2.24) is 0 Å². The van der Waals surface area contributed by atoms with Crippen molar-refractivity contribution in [2.75, 3.05) is 0 Å². The minimum Gasteiger partial charge on any atom is -0.300 e. The summed E-state index contributed by atoms with van der Waals surface area (Å²) in [5, 5.41) is 0. The standard InChI is InChI=1S/C43H76O/c1-6-9-12-13-14-15-16-17-18-19-20-21-22-23-24-25-26-28-30-38(4)32-35-42(44)37-41-34-33-40(36-39(5)29-11-8-3)43(41)31-27-10-7-2/h10,14-15,17-18,27,38,40-41,43H,5-9,11-13,16,19-26,28-37H2,1-4H3/b15-14-,18-17-,27-10-. The molecular weight excluding hydrogens is 532 g/mol. The van der Waals surface area contributed by atoms with Gasteiger partial charge in [-0.2, -0.15) is 0 Å². The molecule has 0 aromatic carbocycles. The van der Waals surface area contributed by atoms with Crippen LogP contribution in [0.25, 0.3) is 0 Å². The molecule has 4 unspecified atom stereocenters. The van der Waals surface area contributed by atoms with Crippen LogP contribution >= 0.6 is 0 Å². The van der Waals surface area contributed by atoms with Crippen molar-refractivity contribution in [2.45, 2.75) is 195 Å². The third-order valence-electron chi connectivity index (χ3n) is 10.2. The second-order valence-electron chi connectivity index (χ2n) is 14.4. The predicted octanol–water partition coefficient (Wildman–Crippen LogP) is 14.5. The van der Waals surface area contributed by atoms with E-state index in [2.05, 4.69) is 70.7 Å². The van der Waals surface area contributed by atoms with Gasteiger partial charge in [0.15, 0.2) is 0 Å². The van der Waals surface area contributed by atoms with Crippen LogP contribution in [0.15, 0.2) is 48.6 Å². The molecule has 0 heterocycles. The number of hydrogen-bond donors (Lipinski definition) is 0. The van der Waals surface area contributed by atoms with Crippen molar-refractivity contribution < 1.29 is 4.79 Å². The fourth-order valence-corrected chi connectivity index (χ4v) is 7.23. The van der Waals surface area contributed by atoms with Gasteiger partial charge in [-0.3, -0.25) is 4.79 Å². The van der Waals surface area contributed by atoms with E-state index in [0.717, 1.165) is 44.4 Å². The van der Waals surface area contributed by atoms with Crippen molar-refractivity contribution in [1.29, 1.82) is 0 Å². The van der Waals surface area contributed by atoms with Gasteiger partial charge < -0.3 is 0 Å². The molecule has 1 fully saturated rings. The number of carbonyl (C=O) groups is 1. The summed E-state index contributed by atoms with van der Waals surface area (Å²) in [6, 6.07) is 0. The Morgan fingerprint density at radius 3 is 1.89 bits per heavy atom. The van der Waals surface area contributed by atoms with Crippen molar-refractivity contribution in [3.8, 4) is 0 Å². The Bertz CT molecular complexity index is 770. The summed E-state index contributed by atoms with van der Waals surface area (Å²) in [4.78, 5) is 13.0. The first-order valence-electron chi connectivity index (χ1n) is 19.6. The van der Waals surface area contributed by atoms with Crippen LogP contribution in [-0.4, -0.2) is 5.78 Å². The van der Waals surface area contributed by atoms with Gasteiger partial charge in [0.2, 0.25) is 0 Å². The molecule has 1 aliphatic carbocycles. The lowest BCUT2D eigenvalue weighted by molar-refractivity contribution is -0.120. The second kappa shape index (κ2) is 29.1. The maximum absolute atomic E-state index is 13.0. The molecule has 44 heavy (non-hydrogen) atoms. The Labute approximate surface area is 276 Å². The van der Waals surface area contributed by atoms with Crippen LogP contribution < -0.4 is 0 Å². The average Bonchev–Trinajstić information content (AvgIpc) is 3.38. The molecule has 1 heteroatoms. The Morgan fingerprint density at radius 2 is 1.25 bits per heavy atom. The molecule has 254 valence electrons. The highest BCUT2D eigenvalue weighted by molar-refractivity contribution is 5.78. The molecule has 0 N–H and O–H groups in total. The monoisotopic (exact) mass is 609 g/mol. The lowest BCUT2D eigenvalue weighted by Gasteiger charge is -2.25. The van der Waals surface area contributed by atoms with Crippen LogP contribution in [0.2, 0.25) is 0 Å². The number of allylic oxidation sites excluding steroid dienone is 7. The lowest BCUT2D eigenvalue weighted by atomic mass is 9.80. The molecule has 1 nitrogen and oxygen atoms in total. The number of unbranched alkanes of at least 4 members (excludes halogenated alkanes) is 12. The van der Waals surface area contributed by atoms with Crippen LogP contribution in [-0.2, 0) is 4.79 Å². The first-order valence-corrected chi connectivity index (χ1v) is 19.6. The summed E-state index contributed by atoms with van der Waals surface area (Å²) in [5.41, 5.74) is 1.44. The van der Waals surface area contributed by atoms with Crippen molar-refractivity contribution in [3.63, 3.8) is 0 Å². The van der Waals surface area contributed by atoms with Crippen LogP contribution in [0.4, 0.5) is 0 Å². The molecule has 0 radical (unpaired) electrons. The largest absolute Gasteiger partial charge is 0.300 e. The fraction of sp³-hybridized carbons (Fsp3) is 0.791. The summed E-state index contributed by atoms with van der Waals surface area (Å²) in [7, 11) is 0. The molecule has 4 atom stereocenters. The minimum atomic E-state index is 0.530.